The molecule has 0 amide bonds. The van der Waals surface area contributed by atoms with Crippen LogP contribution in [0.4, 0.5) is 0 Å². The number of hydrogen-bond donors (Lipinski definition) is 1. The van der Waals surface area contributed by atoms with Crippen molar-refractivity contribution in [2.24, 2.45) is 0 Å². The first kappa shape index (κ1) is 23.0. The summed E-state index contributed by atoms with van der Waals surface area (Å²) in [4.78, 5) is 11.2. The normalized spacial score (nSPS) is 23.8. The summed E-state index contributed by atoms with van der Waals surface area (Å²) < 4.78 is 27.7. The zero-order valence-electron chi connectivity index (χ0n) is 17.1. The topological polar surface area (TPSA) is 83.5 Å². The summed E-state index contributed by atoms with van der Waals surface area (Å²) in [7, 11) is 2.91. The fraction of sp³-hybridized carbons (Fsp3) is 0.762. The van der Waals surface area contributed by atoms with Crippen molar-refractivity contribution >= 4 is 5.97 Å². The third-order valence-electron chi connectivity index (χ3n) is 5.15. The molecule has 2 rings (SSSR count). The molecular formula is C21H34O7. The molecule has 0 aromatic carbocycles. The summed E-state index contributed by atoms with van der Waals surface area (Å²) in [6, 6.07) is 0. The van der Waals surface area contributed by atoms with Gasteiger partial charge in [0, 0.05) is 20.0 Å². The van der Waals surface area contributed by atoms with Crippen LogP contribution in [-0.2, 0) is 28.5 Å². The van der Waals surface area contributed by atoms with Crippen molar-refractivity contribution in [2.45, 2.75) is 75.5 Å². The quantitative estimate of drug-likeness (QED) is 0.325. The van der Waals surface area contributed by atoms with Crippen molar-refractivity contribution in [3.8, 4) is 0 Å². The fourth-order valence-electron chi connectivity index (χ4n) is 3.68. The standard InChI is InChI=1S/C21H34O7/c1-16(13-20(23)25-3)12-17(22)8-7-9-18(26-15-24-2)19-14-27-21(28-19)10-5-4-6-11-21/h7-8,17-19,22H,1,4-6,9-15H2,2-3H3/b8-7+/t17?,18-,19+/m0/s1. The van der Waals surface area contributed by atoms with Crippen LogP contribution in [0.3, 0.4) is 0 Å². The third kappa shape index (κ3) is 7.29. The average molecular weight is 398 g/mol. The molecule has 1 saturated carbocycles. The number of aliphatic hydroxyl groups is 1. The zero-order valence-corrected chi connectivity index (χ0v) is 17.1. The summed E-state index contributed by atoms with van der Waals surface area (Å²) in [5.41, 5.74) is 0.628. The summed E-state index contributed by atoms with van der Waals surface area (Å²) >= 11 is 0. The molecule has 1 aliphatic carbocycles. The van der Waals surface area contributed by atoms with Gasteiger partial charge in [0.25, 0.3) is 0 Å². The van der Waals surface area contributed by atoms with Gasteiger partial charge in [-0.05, 0) is 25.7 Å². The van der Waals surface area contributed by atoms with E-state index in [2.05, 4.69) is 11.3 Å². The predicted molar refractivity (Wildman–Crippen MR) is 104 cm³/mol. The lowest BCUT2D eigenvalue weighted by Crippen LogP contribution is -2.37. The molecule has 1 spiro atoms. The number of methoxy groups -OCH3 is 2. The van der Waals surface area contributed by atoms with Crippen molar-refractivity contribution in [1.29, 1.82) is 0 Å². The van der Waals surface area contributed by atoms with Gasteiger partial charge in [-0.25, -0.2) is 0 Å². The van der Waals surface area contributed by atoms with E-state index in [9.17, 15) is 9.90 Å². The Hall–Kier alpha value is -1.25. The second-order valence-corrected chi connectivity index (χ2v) is 7.49. The number of rotatable bonds is 11. The minimum atomic E-state index is -0.717. The minimum absolute atomic E-state index is 0.107. The Balaban J connectivity index is 1.83. The van der Waals surface area contributed by atoms with Gasteiger partial charge in [-0.15, -0.1) is 0 Å². The highest BCUT2D eigenvalue weighted by atomic mass is 16.8. The molecular weight excluding hydrogens is 364 g/mol. The first-order chi connectivity index (χ1) is 13.5. The number of aliphatic hydroxyl groups excluding tert-OH is 1. The molecule has 3 atom stereocenters. The zero-order chi connectivity index (χ0) is 20.4. The molecule has 2 fully saturated rings. The summed E-state index contributed by atoms with van der Waals surface area (Å²) in [5.74, 6) is -0.809. The first-order valence-corrected chi connectivity index (χ1v) is 9.98. The smallest absolute Gasteiger partial charge is 0.309 e. The van der Waals surface area contributed by atoms with Gasteiger partial charge in [-0.3, -0.25) is 4.79 Å². The molecule has 7 heteroatoms. The molecule has 0 aromatic rings. The molecule has 1 unspecified atom stereocenters. The maximum atomic E-state index is 11.2. The van der Waals surface area contributed by atoms with Crippen LogP contribution in [-0.4, -0.2) is 62.8 Å². The van der Waals surface area contributed by atoms with Crippen molar-refractivity contribution in [1.82, 2.24) is 0 Å². The van der Waals surface area contributed by atoms with Crippen LogP contribution in [0.25, 0.3) is 0 Å². The van der Waals surface area contributed by atoms with Crippen LogP contribution >= 0.6 is 0 Å². The van der Waals surface area contributed by atoms with Crippen LogP contribution in [0.1, 0.15) is 51.4 Å². The van der Waals surface area contributed by atoms with Crippen molar-refractivity contribution in [3.63, 3.8) is 0 Å². The molecule has 1 N–H and O–H groups in total. The second-order valence-electron chi connectivity index (χ2n) is 7.49. The number of ether oxygens (including phenoxy) is 5. The van der Waals surface area contributed by atoms with Crippen molar-refractivity contribution in [3.05, 3.63) is 24.3 Å². The van der Waals surface area contributed by atoms with Gasteiger partial charge in [-0.1, -0.05) is 30.7 Å². The Morgan fingerprint density at radius 1 is 1.32 bits per heavy atom. The highest BCUT2D eigenvalue weighted by Crippen LogP contribution is 2.39. The Bertz CT molecular complexity index is 525. The molecule has 0 aromatic heterocycles. The molecule has 160 valence electrons. The highest BCUT2D eigenvalue weighted by molar-refractivity contribution is 5.72. The summed E-state index contributed by atoms with van der Waals surface area (Å²) in [6.07, 6.45) is 8.77. The third-order valence-corrected chi connectivity index (χ3v) is 5.15. The van der Waals surface area contributed by atoms with Crippen LogP contribution in [0.2, 0.25) is 0 Å². The maximum Gasteiger partial charge on any atom is 0.309 e. The van der Waals surface area contributed by atoms with E-state index in [1.807, 2.05) is 6.08 Å². The first-order valence-electron chi connectivity index (χ1n) is 9.98. The van der Waals surface area contributed by atoms with Crippen LogP contribution in [0, 0.1) is 0 Å². The lowest BCUT2D eigenvalue weighted by atomic mass is 9.94. The summed E-state index contributed by atoms with van der Waals surface area (Å²) in [6.45, 7) is 4.48. The SMILES string of the molecule is C=C(CC(=O)OC)CC(O)/C=C/C[C@H](OCOC)[C@H]1COC2(CCCCC2)O1. The lowest BCUT2D eigenvalue weighted by Gasteiger charge is -2.32. The maximum absolute atomic E-state index is 11.2. The Kier molecular flexibility index (Phi) is 9.61. The highest BCUT2D eigenvalue weighted by Gasteiger charge is 2.44. The minimum Gasteiger partial charge on any atom is -0.469 e. The van der Waals surface area contributed by atoms with Gasteiger partial charge in [0.05, 0.1) is 32.3 Å². The second kappa shape index (κ2) is 11.7. The Labute approximate surface area is 167 Å². The van der Waals surface area contributed by atoms with Gasteiger partial charge in [-0.2, -0.15) is 0 Å². The van der Waals surface area contributed by atoms with E-state index >= 15 is 0 Å². The van der Waals surface area contributed by atoms with E-state index in [4.69, 9.17) is 18.9 Å². The molecule has 7 nitrogen and oxygen atoms in total. The molecule has 0 bridgehead atoms. The molecule has 1 saturated heterocycles. The fourth-order valence-corrected chi connectivity index (χ4v) is 3.68. The van der Waals surface area contributed by atoms with Crippen LogP contribution in [0.15, 0.2) is 24.3 Å². The summed E-state index contributed by atoms with van der Waals surface area (Å²) in [5, 5.41) is 10.1. The van der Waals surface area contributed by atoms with Crippen molar-refractivity contribution < 1.29 is 33.6 Å². The lowest BCUT2D eigenvalue weighted by molar-refractivity contribution is -0.204. The molecule has 1 heterocycles. The molecule has 1 aliphatic heterocycles. The number of esters is 1. The van der Waals surface area contributed by atoms with Gasteiger partial charge < -0.3 is 28.8 Å². The van der Waals surface area contributed by atoms with E-state index in [0.717, 1.165) is 25.7 Å². The Morgan fingerprint density at radius 2 is 2.07 bits per heavy atom. The predicted octanol–water partition coefficient (Wildman–Crippen LogP) is 2.87. The van der Waals surface area contributed by atoms with Gasteiger partial charge >= 0.3 is 5.97 Å². The van der Waals surface area contributed by atoms with E-state index in [-0.39, 0.29) is 31.4 Å². The van der Waals surface area contributed by atoms with Crippen LogP contribution < -0.4 is 0 Å². The number of carbonyl (C=O) groups excluding carboxylic acids is 1. The van der Waals surface area contributed by atoms with E-state index in [0.29, 0.717) is 25.0 Å². The van der Waals surface area contributed by atoms with Gasteiger partial charge in [0.15, 0.2) is 5.79 Å². The number of carbonyl (C=O) groups is 1. The largest absolute Gasteiger partial charge is 0.469 e. The van der Waals surface area contributed by atoms with Gasteiger partial charge in [0.2, 0.25) is 0 Å². The number of hydrogen-bond acceptors (Lipinski definition) is 7. The molecule has 28 heavy (non-hydrogen) atoms. The van der Waals surface area contributed by atoms with E-state index < -0.39 is 11.9 Å². The average Bonchev–Trinajstić information content (AvgIpc) is 3.07. The monoisotopic (exact) mass is 398 g/mol. The molecule has 2 aliphatic rings. The molecule has 0 radical (unpaired) electrons. The van der Waals surface area contributed by atoms with E-state index in [1.165, 1.54) is 13.5 Å². The van der Waals surface area contributed by atoms with Crippen LogP contribution in [0.5, 0.6) is 0 Å². The van der Waals surface area contributed by atoms with E-state index in [1.54, 1.807) is 13.2 Å². The van der Waals surface area contributed by atoms with Crippen molar-refractivity contribution in [2.75, 3.05) is 27.6 Å². The van der Waals surface area contributed by atoms with Gasteiger partial charge in [0.1, 0.15) is 12.9 Å². The Morgan fingerprint density at radius 3 is 2.75 bits per heavy atom.